The van der Waals surface area contributed by atoms with E-state index in [-0.39, 0.29) is 17.7 Å². The molecule has 206 valence electrons. The van der Waals surface area contributed by atoms with Crippen LogP contribution >= 0.6 is 22.7 Å². The van der Waals surface area contributed by atoms with E-state index in [2.05, 4.69) is 10.6 Å². The Kier molecular flexibility index (Phi) is 8.21. The fraction of sp³-hybridized carbons (Fsp3) is 0.433. The molecule has 2 aliphatic rings. The number of ketones is 1. The van der Waals surface area contributed by atoms with E-state index in [0.29, 0.717) is 38.3 Å². The van der Waals surface area contributed by atoms with E-state index < -0.39 is 23.9 Å². The molecule has 0 radical (unpaired) electrons. The van der Waals surface area contributed by atoms with Crippen molar-refractivity contribution in [2.75, 3.05) is 32.7 Å². The first-order chi connectivity index (χ1) is 18.8. The van der Waals surface area contributed by atoms with Crippen LogP contribution in [0.1, 0.15) is 55.7 Å². The van der Waals surface area contributed by atoms with Gasteiger partial charge in [-0.05, 0) is 67.3 Å². The Balaban J connectivity index is 1.76. The number of carbonyl (C=O) groups excluding carboxylic acids is 3. The summed E-state index contributed by atoms with van der Waals surface area (Å²) in [5, 5.41) is 10.3. The monoisotopic (exact) mass is 564 g/mol. The lowest BCUT2D eigenvalue weighted by Crippen LogP contribution is -2.56. The number of hydrogen-bond donors (Lipinski definition) is 2. The molecular weight excluding hydrogens is 528 g/mol. The fourth-order valence-corrected chi connectivity index (χ4v) is 8.27. The van der Waals surface area contributed by atoms with Crippen LogP contribution in [0.25, 0.3) is 0 Å². The third-order valence-corrected chi connectivity index (χ3v) is 10.2. The van der Waals surface area contributed by atoms with Crippen molar-refractivity contribution < 1.29 is 14.4 Å². The largest absolute Gasteiger partial charge is 0.338 e. The summed E-state index contributed by atoms with van der Waals surface area (Å²) < 4.78 is 0. The zero-order valence-electron chi connectivity index (χ0n) is 22.9. The quantitative estimate of drug-likeness (QED) is 0.417. The van der Waals surface area contributed by atoms with E-state index in [9.17, 15) is 14.4 Å². The van der Waals surface area contributed by atoms with Gasteiger partial charge >= 0.3 is 6.03 Å². The number of rotatable bonds is 6. The molecule has 1 aromatic carbocycles. The zero-order valence-corrected chi connectivity index (χ0v) is 24.5. The number of benzene rings is 1. The second-order valence-corrected chi connectivity index (χ2v) is 12.3. The molecule has 2 fully saturated rings. The normalized spacial score (nSPS) is 23.2. The van der Waals surface area contributed by atoms with Crippen molar-refractivity contribution in [1.82, 2.24) is 20.4 Å². The molecule has 4 unspecified atom stereocenters. The van der Waals surface area contributed by atoms with Crippen LogP contribution in [0.3, 0.4) is 0 Å². The van der Waals surface area contributed by atoms with Crippen molar-refractivity contribution in [2.24, 2.45) is 5.92 Å². The number of likely N-dealkylation sites (tertiary alicyclic amines) is 1. The van der Waals surface area contributed by atoms with E-state index >= 15 is 0 Å². The third kappa shape index (κ3) is 5.03. The molecule has 3 amide bonds. The van der Waals surface area contributed by atoms with Gasteiger partial charge in [0.25, 0.3) is 0 Å². The predicted molar refractivity (Wildman–Crippen MR) is 157 cm³/mol. The Hall–Kier alpha value is -3.01. The number of urea groups is 1. The van der Waals surface area contributed by atoms with Crippen LogP contribution in [0.5, 0.6) is 0 Å². The van der Waals surface area contributed by atoms with Crippen molar-refractivity contribution in [3.63, 3.8) is 0 Å². The molecule has 0 spiro atoms. The number of nitrogens with zero attached hydrogens (tertiary/aromatic N) is 2. The summed E-state index contributed by atoms with van der Waals surface area (Å²) >= 11 is 3.13. The minimum Gasteiger partial charge on any atom is -0.338 e. The highest BCUT2D eigenvalue weighted by molar-refractivity contribution is 7.10. The molecule has 7 nitrogen and oxygen atoms in total. The van der Waals surface area contributed by atoms with E-state index in [1.165, 1.54) is 0 Å². The lowest BCUT2D eigenvalue weighted by atomic mass is 9.78. The maximum Gasteiger partial charge on any atom is 0.318 e. The van der Waals surface area contributed by atoms with Crippen LogP contribution in [0.2, 0.25) is 0 Å². The van der Waals surface area contributed by atoms with Gasteiger partial charge < -0.3 is 20.4 Å². The molecule has 2 aliphatic heterocycles. The summed E-state index contributed by atoms with van der Waals surface area (Å²) in [6.07, 6.45) is 0. The van der Waals surface area contributed by atoms with Crippen LogP contribution < -0.4 is 10.6 Å². The Labute approximate surface area is 238 Å². The number of nitrogens with one attached hydrogen (secondary N) is 2. The standard InChI is InChI=1S/C30H36N4O3S2/c1-5-32-30(37)34-24(28-20(4)11-17-39-28)22(26(35)21-9-7-6-8-18(21)2)23(27-19(3)10-16-38-27)25(34)29(36)33-14-12-31-13-15-33/h6-11,16-17,22-25,31H,5,12-15H2,1-4H3,(H,32,37). The molecule has 39 heavy (non-hydrogen) atoms. The molecule has 5 rings (SSSR count). The van der Waals surface area contributed by atoms with Crippen LogP contribution in [0, 0.1) is 26.7 Å². The second-order valence-electron chi connectivity index (χ2n) is 10.4. The molecule has 4 atom stereocenters. The fourth-order valence-electron chi connectivity index (χ4n) is 6.10. The number of amides is 3. The summed E-state index contributed by atoms with van der Waals surface area (Å²) in [7, 11) is 0. The van der Waals surface area contributed by atoms with Gasteiger partial charge in [-0.3, -0.25) is 9.59 Å². The Morgan fingerprint density at radius 1 is 0.923 bits per heavy atom. The number of hydrogen-bond acceptors (Lipinski definition) is 6. The molecule has 3 aromatic rings. The molecule has 0 aliphatic carbocycles. The smallest absolute Gasteiger partial charge is 0.318 e. The lowest BCUT2D eigenvalue weighted by molar-refractivity contribution is -0.136. The van der Waals surface area contributed by atoms with Crippen LogP contribution in [-0.2, 0) is 4.79 Å². The van der Waals surface area contributed by atoms with Gasteiger partial charge in [-0.2, -0.15) is 0 Å². The first-order valence-corrected chi connectivity index (χ1v) is 15.3. The second kappa shape index (κ2) is 11.6. The molecular formula is C30H36N4O3S2. The van der Waals surface area contributed by atoms with Gasteiger partial charge in [0.15, 0.2) is 5.78 Å². The van der Waals surface area contributed by atoms with Crippen LogP contribution in [0.4, 0.5) is 4.79 Å². The molecule has 0 saturated carbocycles. The van der Waals surface area contributed by atoms with Crippen molar-refractivity contribution in [3.8, 4) is 0 Å². The first kappa shape index (κ1) is 27.6. The molecule has 2 aromatic heterocycles. The Morgan fingerprint density at radius 3 is 2.15 bits per heavy atom. The van der Waals surface area contributed by atoms with Gasteiger partial charge in [-0.25, -0.2) is 4.79 Å². The third-order valence-electron chi connectivity index (χ3n) is 8.00. The maximum atomic E-state index is 14.7. The molecule has 2 saturated heterocycles. The number of carbonyl (C=O) groups is 3. The Morgan fingerprint density at radius 2 is 1.56 bits per heavy atom. The van der Waals surface area contributed by atoms with Crippen molar-refractivity contribution in [2.45, 2.75) is 45.7 Å². The number of piperazine rings is 1. The minimum atomic E-state index is -0.795. The van der Waals surface area contributed by atoms with E-state index in [0.717, 1.165) is 26.4 Å². The zero-order chi connectivity index (χ0) is 27.7. The first-order valence-electron chi connectivity index (χ1n) is 13.6. The van der Waals surface area contributed by atoms with E-state index in [1.807, 2.05) is 79.8 Å². The average Bonchev–Trinajstić information content (AvgIpc) is 3.64. The van der Waals surface area contributed by atoms with Gasteiger partial charge in [-0.1, -0.05) is 24.3 Å². The van der Waals surface area contributed by atoms with Crippen LogP contribution in [-0.4, -0.2) is 66.3 Å². The van der Waals surface area contributed by atoms with Crippen molar-refractivity contribution in [3.05, 3.63) is 79.2 Å². The summed E-state index contributed by atoms with van der Waals surface area (Å²) in [5.41, 5.74) is 3.61. The van der Waals surface area contributed by atoms with E-state index in [4.69, 9.17) is 0 Å². The number of thiophene rings is 2. The highest BCUT2D eigenvalue weighted by Crippen LogP contribution is 2.54. The molecule has 9 heteroatoms. The summed E-state index contributed by atoms with van der Waals surface area (Å²) in [6, 6.07) is 10.0. The molecule has 2 N–H and O–H groups in total. The minimum absolute atomic E-state index is 0.0198. The van der Waals surface area contributed by atoms with Gasteiger partial charge in [0.2, 0.25) is 5.91 Å². The maximum absolute atomic E-state index is 14.7. The van der Waals surface area contributed by atoms with Gasteiger partial charge in [0, 0.05) is 54.0 Å². The number of aryl methyl sites for hydroxylation is 3. The highest BCUT2D eigenvalue weighted by Gasteiger charge is 2.59. The molecule has 4 heterocycles. The average molecular weight is 565 g/mol. The summed E-state index contributed by atoms with van der Waals surface area (Å²) in [6.45, 7) is 10.9. The SMILES string of the molecule is CCNC(=O)N1C(C(=O)N2CCNCC2)C(c2sccc2C)C(C(=O)c2ccccc2C)C1c1sccc1C. The van der Waals surface area contributed by atoms with Crippen LogP contribution in [0.15, 0.2) is 47.2 Å². The highest BCUT2D eigenvalue weighted by atomic mass is 32.1. The van der Waals surface area contributed by atoms with Gasteiger partial charge in [0.1, 0.15) is 6.04 Å². The van der Waals surface area contributed by atoms with Crippen molar-refractivity contribution >= 4 is 40.4 Å². The number of Topliss-reactive ketones (excluding diaryl/α,β-unsaturated/α-hetero) is 1. The van der Waals surface area contributed by atoms with Gasteiger partial charge in [0.05, 0.1) is 12.0 Å². The van der Waals surface area contributed by atoms with E-state index in [1.54, 1.807) is 27.6 Å². The predicted octanol–water partition coefficient (Wildman–Crippen LogP) is 4.90. The van der Waals surface area contributed by atoms with Gasteiger partial charge in [-0.15, -0.1) is 22.7 Å². The topological polar surface area (TPSA) is 81.8 Å². The molecule has 0 bridgehead atoms. The summed E-state index contributed by atoms with van der Waals surface area (Å²) in [5.74, 6) is -1.18. The summed E-state index contributed by atoms with van der Waals surface area (Å²) in [4.78, 5) is 48.7. The lowest BCUT2D eigenvalue weighted by Gasteiger charge is -2.36. The Bertz CT molecular complexity index is 1360. The van der Waals surface area contributed by atoms with Crippen molar-refractivity contribution in [1.29, 1.82) is 0 Å².